The molecule has 0 aliphatic heterocycles. The third-order valence-electron chi connectivity index (χ3n) is 3.70. The fourth-order valence-corrected chi connectivity index (χ4v) is 2.33. The Hall–Kier alpha value is -2.31. The van der Waals surface area contributed by atoms with Crippen molar-refractivity contribution < 1.29 is 23.8 Å². The number of nitrogens with one attached hydrogen (secondary N) is 1. The van der Waals surface area contributed by atoms with Crippen molar-refractivity contribution in [3.8, 4) is 0 Å². The molecule has 0 aliphatic rings. The van der Waals surface area contributed by atoms with Gasteiger partial charge in [-0.05, 0) is 18.6 Å². The first kappa shape index (κ1) is 18.0. The predicted molar refractivity (Wildman–Crippen MR) is 85.0 cm³/mol. The number of halogens is 2. The Balaban J connectivity index is 1.95. The lowest BCUT2D eigenvalue weighted by molar-refractivity contribution is -0.124. The SMILES string of the molecule is CC(O)(CNC(=O)CC(O)c1ccccc1)c1ccc(F)cc1F. The monoisotopic (exact) mass is 335 g/mol. The molecule has 2 rings (SSSR count). The molecule has 2 unspecified atom stereocenters. The number of rotatable bonds is 6. The number of aliphatic hydroxyl groups excluding tert-OH is 1. The zero-order valence-electron chi connectivity index (χ0n) is 13.2. The van der Waals surface area contributed by atoms with Gasteiger partial charge in [-0.3, -0.25) is 4.79 Å². The van der Waals surface area contributed by atoms with Crippen LogP contribution in [-0.4, -0.2) is 22.7 Å². The Morgan fingerprint density at radius 3 is 2.50 bits per heavy atom. The lowest BCUT2D eigenvalue weighted by Gasteiger charge is -2.25. The maximum absolute atomic E-state index is 13.7. The van der Waals surface area contributed by atoms with Gasteiger partial charge in [0.1, 0.15) is 17.2 Å². The van der Waals surface area contributed by atoms with E-state index in [4.69, 9.17) is 0 Å². The van der Waals surface area contributed by atoms with Gasteiger partial charge in [-0.15, -0.1) is 0 Å². The van der Waals surface area contributed by atoms with E-state index in [0.29, 0.717) is 11.6 Å². The molecule has 0 aliphatic carbocycles. The van der Waals surface area contributed by atoms with Gasteiger partial charge in [0.05, 0.1) is 19.1 Å². The average Bonchev–Trinajstić information content (AvgIpc) is 2.53. The van der Waals surface area contributed by atoms with E-state index in [1.54, 1.807) is 30.3 Å². The summed E-state index contributed by atoms with van der Waals surface area (Å²) in [6, 6.07) is 11.5. The molecule has 2 aromatic carbocycles. The van der Waals surface area contributed by atoms with Crippen LogP contribution in [0.1, 0.15) is 30.6 Å². The maximum atomic E-state index is 13.7. The first-order chi connectivity index (χ1) is 11.3. The standard InChI is InChI=1S/C18H19F2NO3/c1-18(24,14-8-7-13(19)9-15(14)20)11-21-17(23)10-16(22)12-5-3-2-4-6-12/h2-9,16,22,24H,10-11H2,1H3,(H,21,23). The van der Waals surface area contributed by atoms with E-state index in [-0.39, 0.29) is 18.5 Å². The first-order valence-electron chi connectivity index (χ1n) is 7.47. The molecule has 2 aromatic rings. The van der Waals surface area contributed by atoms with E-state index in [1.807, 2.05) is 0 Å². The molecule has 128 valence electrons. The van der Waals surface area contributed by atoms with Gasteiger partial charge in [0, 0.05) is 11.6 Å². The summed E-state index contributed by atoms with van der Waals surface area (Å²) in [5.41, 5.74) is -1.22. The third kappa shape index (κ3) is 4.59. The highest BCUT2D eigenvalue weighted by Crippen LogP contribution is 2.24. The van der Waals surface area contributed by atoms with Gasteiger partial charge in [0.15, 0.2) is 0 Å². The molecular weight excluding hydrogens is 316 g/mol. The average molecular weight is 335 g/mol. The summed E-state index contributed by atoms with van der Waals surface area (Å²) in [7, 11) is 0. The minimum absolute atomic E-state index is 0.118. The highest BCUT2D eigenvalue weighted by molar-refractivity contribution is 5.76. The van der Waals surface area contributed by atoms with E-state index >= 15 is 0 Å². The number of amides is 1. The van der Waals surface area contributed by atoms with Crippen molar-refractivity contribution >= 4 is 5.91 Å². The molecule has 1 amide bonds. The molecule has 2 atom stereocenters. The zero-order valence-corrected chi connectivity index (χ0v) is 13.2. The molecule has 0 radical (unpaired) electrons. The van der Waals surface area contributed by atoms with E-state index in [2.05, 4.69) is 5.32 Å². The molecule has 0 saturated heterocycles. The predicted octanol–water partition coefficient (Wildman–Crippen LogP) is 2.41. The molecule has 3 N–H and O–H groups in total. The van der Waals surface area contributed by atoms with Crippen LogP contribution in [0.25, 0.3) is 0 Å². The summed E-state index contributed by atoms with van der Waals surface area (Å²) >= 11 is 0. The summed E-state index contributed by atoms with van der Waals surface area (Å²) in [4.78, 5) is 11.9. The smallest absolute Gasteiger partial charge is 0.223 e. The molecule has 4 nitrogen and oxygen atoms in total. The van der Waals surface area contributed by atoms with Gasteiger partial charge in [-0.1, -0.05) is 36.4 Å². The summed E-state index contributed by atoms with van der Waals surface area (Å²) in [5.74, 6) is -2.13. The molecular formula is C18H19F2NO3. The number of benzene rings is 2. The normalized spacial score (nSPS) is 14.7. The van der Waals surface area contributed by atoms with Crippen LogP contribution in [-0.2, 0) is 10.4 Å². The Kier molecular flexibility index (Phi) is 5.64. The summed E-state index contributed by atoms with van der Waals surface area (Å²) < 4.78 is 26.7. The molecule has 24 heavy (non-hydrogen) atoms. The maximum Gasteiger partial charge on any atom is 0.223 e. The van der Waals surface area contributed by atoms with E-state index in [0.717, 1.165) is 12.1 Å². The summed E-state index contributed by atoms with van der Waals surface area (Å²) in [5, 5.41) is 22.8. The Morgan fingerprint density at radius 1 is 1.21 bits per heavy atom. The lowest BCUT2D eigenvalue weighted by atomic mass is 9.95. The molecule has 0 aromatic heterocycles. The van der Waals surface area contributed by atoms with Crippen LogP contribution in [0.5, 0.6) is 0 Å². The van der Waals surface area contributed by atoms with Crippen molar-refractivity contribution in [3.63, 3.8) is 0 Å². The van der Waals surface area contributed by atoms with Crippen LogP contribution < -0.4 is 5.32 Å². The van der Waals surface area contributed by atoms with E-state index in [1.165, 1.54) is 6.92 Å². The molecule has 6 heteroatoms. The zero-order chi connectivity index (χ0) is 17.7. The second-order valence-corrected chi connectivity index (χ2v) is 5.81. The lowest BCUT2D eigenvalue weighted by Crippen LogP contribution is -2.39. The number of carbonyl (C=O) groups excluding carboxylic acids is 1. The van der Waals surface area contributed by atoms with Gasteiger partial charge in [0.2, 0.25) is 5.91 Å². The molecule has 0 fully saturated rings. The summed E-state index contributed by atoms with van der Waals surface area (Å²) in [6.45, 7) is 1.05. The van der Waals surface area contributed by atoms with Crippen LogP contribution in [0.3, 0.4) is 0 Å². The quantitative estimate of drug-likeness (QED) is 0.759. The van der Waals surface area contributed by atoms with Crippen molar-refractivity contribution in [3.05, 3.63) is 71.3 Å². The number of carbonyl (C=O) groups is 1. The fraction of sp³-hybridized carbons (Fsp3) is 0.278. The Labute approximate surface area is 138 Å². The second kappa shape index (κ2) is 7.51. The topological polar surface area (TPSA) is 69.6 Å². The van der Waals surface area contributed by atoms with Crippen LogP contribution in [0, 0.1) is 11.6 Å². The first-order valence-corrected chi connectivity index (χ1v) is 7.47. The molecule has 0 heterocycles. The summed E-state index contributed by atoms with van der Waals surface area (Å²) in [6.07, 6.45) is -1.16. The van der Waals surface area contributed by atoms with E-state index < -0.39 is 29.2 Å². The van der Waals surface area contributed by atoms with Crippen LogP contribution >= 0.6 is 0 Å². The number of hydrogen-bond acceptors (Lipinski definition) is 3. The van der Waals surface area contributed by atoms with Crippen LogP contribution in [0.4, 0.5) is 8.78 Å². The van der Waals surface area contributed by atoms with Gasteiger partial charge in [0.25, 0.3) is 0 Å². The Bertz CT molecular complexity index is 705. The van der Waals surface area contributed by atoms with Gasteiger partial charge >= 0.3 is 0 Å². The van der Waals surface area contributed by atoms with Gasteiger partial charge in [-0.2, -0.15) is 0 Å². The van der Waals surface area contributed by atoms with Crippen molar-refractivity contribution in [2.45, 2.75) is 25.0 Å². The molecule has 0 saturated carbocycles. The minimum Gasteiger partial charge on any atom is -0.388 e. The van der Waals surface area contributed by atoms with E-state index in [9.17, 15) is 23.8 Å². The van der Waals surface area contributed by atoms with Gasteiger partial charge in [-0.25, -0.2) is 8.78 Å². The minimum atomic E-state index is -1.70. The number of hydrogen-bond donors (Lipinski definition) is 3. The second-order valence-electron chi connectivity index (χ2n) is 5.81. The van der Waals surface area contributed by atoms with Crippen LogP contribution in [0.15, 0.2) is 48.5 Å². The Morgan fingerprint density at radius 2 is 1.88 bits per heavy atom. The molecule has 0 bridgehead atoms. The van der Waals surface area contributed by atoms with Crippen molar-refractivity contribution in [1.29, 1.82) is 0 Å². The number of aliphatic hydroxyl groups is 2. The largest absolute Gasteiger partial charge is 0.388 e. The van der Waals surface area contributed by atoms with Crippen molar-refractivity contribution in [2.24, 2.45) is 0 Å². The highest BCUT2D eigenvalue weighted by Gasteiger charge is 2.27. The fourth-order valence-electron chi connectivity index (χ4n) is 2.33. The molecule has 0 spiro atoms. The highest BCUT2D eigenvalue weighted by atomic mass is 19.1. The van der Waals surface area contributed by atoms with Crippen molar-refractivity contribution in [2.75, 3.05) is 6.54 Å². The van der Waals surface area contributed by atoms with Gasteiger partial charge < -0.3 is 15.5 Å². The third-order valence-corrected chi connectivity index (χ3v) is 3.70. The van der Waals surface area contributed by atoms with Crippen molar-refractivity contribution in [1.82, 2.24) is 5.32 Å². The van der Waals surface area contributed by atoms with Crippen LogP contribution in [0.2, 0.25) is 0 Å².